The zero-order chi connectivity index (χ0) is 21.3. The maximum atomic E-state index is 12.3. The van der Waals surface area contributed by atoms with Crippen molar-refractivity contribution in [2.24, 2.45) is 0 Å². The van der Waals surface area contributed by atoms with Gasteiger partial charge in [-0.25, -0.2) is 9.97 Å². The molecule has 0 atom stereocenters. The second-order valence-electron chi connectivity index (χ2n) is 6.87. The van der Waals surface area contributed by atoms with Crippen molar-refractivity contribution >= 4 is 23.3 Å². The molecule has 30 heavy (non-hydrogen) atoms. The number of nitrogens with one attached hydrogen (secondary N) is 1. The molecule has 0 fully saturated rings. The Bertz CT molecular complexity index is 1010. The Hall–Kier alpha value is -3.19. The van der Waals surface area contributed by atoms with E-state index in [2.05, 4.69) is 15.3 Å². The van der Waals surface area contributed by atoms with Crippen LogP contribution in [0.15, 0.2) is 54.1 Å². The van der Waals surface area contributed by atoms with E-state index in [1.54, 1.807) is 23.6 Å². The summed E-state index contributed by atoms with van der Waals surface area (Å²) in [7, 11) is 0. The smallest absolute Gasteiger partial charge is 0.244 e. The highest BCUT2D eigenvalue weighted by Gasteiger charge is 2.08. The summed E-state index contributed by atoms with van der Waals surface area (Å²) in [5, 5.41) is 5.86. The molecule has 0 unspecified atom stereocenters. The van der Waals surface area contributed by atoms with Crippen molar-refractivity contribution in [3.63, 3.8) is 0 Å². The minimum absolute atomic E-state index is 0.0129. The Morgan fingerprint density at radius 2 is 2.07 bits per heavy atom. The number of carbonyl (C=O) groups excluding carboxylic acids is 1. The zero-order valence-electron chi connectivity index (χ0n) is 17.3. The lowest BCUT2D eigenvalue weighted by atomic mass is 10.2. The number of pyridine rings is 1. The molecule has 0 saturated heterocycles. The molecular weight excluding hydrogens is 398 g/mol. The maximum absolute atomic E-state index is 12.3. The lowest BCUT2D eigenvalue weighted by Crippen LogP contribution is -2.21. The van der Waals surface area contributed by atoms with Crippen LogP contribution in [0.25, 0.3) is 6.08 Å². The van der Waals surface area contributed by atoms with Crippen LogP contribution in [0.2, 0.25) is 0 Å². The van der Waals surface area contributed by atoms with Crippen LogP contribution in [0, 0.1) is 6.92 Å². The van der Waals surface area contributed by atoms with E-state index >= 15 is 0 Å². The van der Waals surface area contributed by atoms with Gasteiger partial charge < -0.3 is 14.8 Å². The molecular formula is C23H25N3O3S. The molecule has 0 aliphatic carbocycles. The summed E-state index contributed by atoms with van der Waals surface area (Å²) in [5.41, 5.74) is 2.55. The number of thiazole rings is 1. The molecule has 6 nitrogen and oxygen atoms in total. The number of aromatic nitrogens is 2. The van der Waals surface area contributed by atoms with Crippen LogP contribution < -0.4 is 14.8 Å². The first kappa shape index (κ1) is 21.5. The van der Waals surface area contributed by atoms with E-state index in [0.29, 0.717) is 24.8 Å². The van der Waals surface area contributed by atoms with Crippen molar-refractivity contribution in [1.29, 1.82) is 0 Å². The van der Waals surface area contributed by atoms with Crippen molar-refractivity contribution < 1.29 is 14.3 Å². The summed E-state index contributed by atoms with van der Waals surface area (Å²) in [5.74, 6) is 1.03. The number of carbonyl (C=O) groups is 1. The second-order valence-corrected chi connectivity index (χ2v) is 7.93. The number of hydrogen-bond acceptors (Lipinski definition) is 6. The van der Waals surface area contributed by atoms with Crippen LogP contribution in [-0.4, -0.2) is 22.0 Å². The molecule has 0 saturated carbocycles. The van der Waals surface area contributed by atoms with E-state index in [-0.39, 0.29) is 12.0 Å². The average Bonchev–Trinajstić information content (AvgIpc) is 3.15. The van der Waals surface area contributed by atoms with Crippen LogP contribution in [-0.2, 0) is 17.9 Å². The first-order valence-corrected chi connectivity index (χ1v) is 10.6. The van der Waals surface area contributed by atoms with Gasteiger partial charge in [-0.1, -0.05) is 24.3 Å². The van der Waals surface area contributed by atoms with E-state index in [1.807, 2.05) is 62.5 Å². The van der Waals surface area contributed by atoms with Gasteiger partial charge in [-0.05, 0) is 39.0 Å². The monoisotopic (exact) mass is 423 g/mol. The molecule has 1 N–H and O–H groups in total. The Morgan fingerprint density at radius 3 is 2.83 bits per heavy atom. The first-order chi connectivity index (χ1) is 14.5. The van der Waals surface area contributed by atoms with E-state index < -0.39 is 0 Å². The molecule has 1 aromatic carbocycles. The number of para-hydroxylation sites is 1. The van der Waals surface area contributed by atoms with Crippen molar-refractivity contribution in [1.82, 2.24) is 15.3 Å². The number of hydrogen-bond donors (Lipinski definition) is 1. The molecule has 7 heteroatoms. The highest BCUT2D eigenvalue weighted by atomic mass is 32.1. The Balaban J connectivity index is 1.59. The Morgan fingerprint density at radius 1 is 1.23 bits per heavy atom. The fraction of sp³-hybridized carbons (Fsp3) is 0.261. The van der Waals surface area contributed by atoms with Crippen LogP contribution in [0.5, 0.6) is 11.6 Å². The van der Waals surface area contributed by atoms with Gasteiger partial charge in [0.1, 0.15) is 12.4 Å². The lowest BCUT2D eigenvalue weighted by Gasteiger charge is -2.12. The Kier molecular flexibility index (Phi) is 7.57. The van der Waals surface area contributed by atoms with Gasteiger partial charge in [0.2, 0.25) is 11.8 Å². The number of benzene rings is 1. The van der Waals surface area contributed by atoms with Gasteiger partial charge in [-0.15, -0.1) is 11.3 Å². The summed E-state index contributed by atoms with van der Waals surface area (Å²) in [6.45, 7) is 6.57. The second kappa shape index (κ2) is 10.5. The standard InChI is InChI=1S/C23H25N3O3S/c1-16(2)29-23-19(8-6-12-24-23)13-25-22(27)11-10-18-7-4-5-9-21(18)28-14-20-15-30-17(3)26-20/h4-12,15-16H,13-14H2,1-3H3,(H,25,27)/b11-10+. The van der Waals surface area contributed by atoms with Crippen molar-refractivity contribution in [2.45, 2.75) is 40.0 Å². The summed E-state index contributed by atoms with van der Waals surface area (Å²) in [6.07, 6.45) is 4.92. The topological polar surface area (TPSA) is 73.3 Å². The van der Waals surface area contributed by atoms with Gasteiger partial charge in [0.15, 0.2) is 0 Å². The average molecular weight is 424 g/mol. The van der Waals surface area contributed by atoms with Crippen molar-refractivity contribution in [3.8, 4) is 11.6 Å². The van der Waals surface area contributed by atoms with Gasteiger partial charge in [-0.2, -0.15) is 0 Å². The number of rotatable bonds is 9. The van der Waals surface area contributed by atoms with Crippen LogP contribution in [0.1, 0.15) is 35.7 Å². The van der Waals surface area contributed by atoms with Gasteiger partial charge in [0.25, 0.3) is 0 Å². The van der Waals surface area contributed by atoms with E-state index in [0.717, 1.165) is 21.8 Å². The molecule has 0 aliphatic rings. The molecule has 2 heterocycles. The normalized spacial score (nSPS) is 11.1. The summed E-state index contributed by atoms with van der Waals surface area (Å²) in [4.78, 5) is 20.9. The largest absolute Gasteiger partial charge is 0.487 e. The summed E-state index contributed by atoms with van der Waals surface area (Å²) >= 11 is 1.59. The number of ether oxygens (including phenoxy) is 2. The van der Waals surface area contributed by atoms with Crippen molar-refractivity contribution in [3.05, 3.63) is 75.9 Å². The van der Waals surface area contributed by atoms with Gasteiger partial charge in [-0.3, -0.25) is 4.79 Å². The molecule has 0 bridgehead atoms. The van der Waals surface area contributed by atoms with Crippen molar-refractivity contribution in [2.75, 3.05) is 0 Å². The molecule has 0 aliphatic heterocycles. The Labute approximate surface area is 180 Å². The first-order valence-electron chi connectivity index (χ1n) is 9.70. The van der Waals surface area contributed by atoms with Crippen LogP contribution >= 0.6 is 11.3 Å². The molecule has 2 aromatic heterocycles. The third kappa shape index (κ3) is 6.42. The van der Waals surface area contributed by atoms with Crippen LogP contribution in [0.4, 0.5) is 0 Å². The highest BCUT2D eigenvalue weighted by molar-refractivity contribution is 7.09. The van der Waals surface area contributed by atoms with E-state index in [4.69, 9.17) is 9.47 Å². The van der Waals surface area contributed by atoms with E-state index in [9.17, 15) is 4.79 Å². The number of amides is 1. The fourth-order valence-corrected chi connectivity index (χ4v) is 3.27. The number of aryl methyl sites for hydroxylation is 1. The zero-order valence-corrected chi connectivity index (χ0v) is 18.1. The molecule has 1 amide bonds. The van der Waals surface area contributed by atoms with Gasteiger partial charge in [0.05, 0.1) is 16.8 Å². The summed E-state index contributed by atoms with van der Waals surface area (Å²) < 4.78 is 11.6. The van der Waals surface area contributed by atoms with E-state index in [1.165, 1.54) is 6.08 Å². The summed E-state index contributed by atoms with van der Waals surface area (Å²) in [6, 6.07) is 11.3. The molecule has 3 rings (SSSR count). The number of nitrogens with zero attached hydrogens (tertiary/aromatic N) is 2. The molecule has 0 radical (unpaired) electrons. The third-order valence-electron chi connectivity index (χ3n) is 4.03. The molecule has 156 valence electrons. The molecule has 3 aromatic rings. The van der Waals surface area contributed by atoms with Gasteiger partial charge in [0, 0.05) is 35.3 Å². The predicted octanol–water partition coefficient (Wildman–Crippen LogP) is 4.54. The predicted molar refractivity (Wildman–Crippen MR) is 119 cm³/mol. The third-order valence-corrected chi connectivity index (χ3v) is 4.85. The van der Waals surface area contributed by atoms with Crippen LogP contribution in [0.3, 0.4) is 0 Å². The lowest BCUT2D eigenvalue weighted by molar-refractivity contribution is -0.116. The molecule has 0 spiro atoms. The SMILES string of the molecule is Cc1nc(COc2ccccc2/C=C/C(=O)NCc2cccnc2OC(C)C)cs1. The quantitative estimate of drug-likeness (QED) is 0.512. The maximum Gasteiger partial charge on any atom is 0.244 e. The minimum Gasteiger partial charge on any atom is -0.487 e. The van der Waals surface area contributed by atoms with Gasteiger partial charge >= 0.3 is 0 Å². The fourth-order valence-electron chi connectivity index (χ4n) is 2.67. The minimum atomic E-state index is -0.209. The highest BCUT2D eigenvalue weighted by Crippen LogP contribution is 2.21.